The van der Waals surface area contributed by atoms with Gasteiger partial charge in [-0.15, -0.1) is 6.58 Å². The van der Waals surface area contributed by atoms with Crippen LogP contribution in [0.4, 0.5) is 4.79 Å². The van der Waals surface area contributed by atoms with E-state index < -0.39 is 5.60 Å². The van der Waals surface area contributed by atoms with Gasteiger partial charge in [0.2, 0.25) is 0 Å². The highest BCUT2D eigenvalue weighted by molar-refractivity contribution is 5.74. The number of allylic oxidation sites excluding steroid dienone is 1. The predicted octanol–water partition coefficient (Wildman–Crippen LogP) is 4.43. The monoisotopic (exact) mass is 263 g/mol. The molecule has 3 heteroatoms. The Labute approximate surface area is 116 Å². The summed E-state index contributed by atoms with van der Waals surface area (Å²) in [7, 11) is 0. The highest BCUT2D eigenvalue weighted by atomic mass is 16.6. The fourth-order valence-electron chi connectivity index (χ4n) is 2.04. The smallest absolute Gasteiger partial charge is 0.418 e. The number of ether oxygens (including phenoxy) is 1. The van der Waals surface area contributed by atoms with E-state index in [9.17, 15) is 4.79 Å². The van der Waals surface area contributed by atoms with Gasteiger partial charge in [0.15, 0.2) is 0 Å². The maximum absolute atomic E-state index is 12.4. The molecule has 1 heterocycles. The van der Waals surface area contributed by atoms with Crippen LogP contribution in [0.5, 0.6) is 0 Å². The normalized spacial score (nSPS) is 11.7. The standard InChI is InChI=1S/C16H25NO2/c1-8-9-13-12(4)10-14(11(2)3)17(13)15(18)19-16(5,6)7/h8,10-11H,1,9H2,2-7H3. The first-order valence-electron chi connectivity index (χ1n) is 6.72. The quantitative estimate of drug-likeness (QED) is 0.755. The Balaban J connectivity index is 3.29. The zero-order chi connectivity index (χ0) is 14.8. The molecule has 0 amide bonds. The van der Waals surface area contributed by atoms with Crippen molar-refractivity contribution in [1.29, 1.82) is 0 Å². The van der Waals surface area contributed by atoms with Crippen molar-refractivity contribution in [2.75, 3.05) is 0 Å². The number of nitrogens with zero attached hydrogens (tertiary/aromatic N) is 1. The summed E-state index contributed by atoms with van der Waals surface area (Å²) in [5.74, 6) is 0.268. The minimum absolute atomic E-state index is 0.268. The fraction of sp³-hybridized carbons (Fsp3) is 0.562. The number of carbonyl (C=O) groups excluding carboxylic acids is 1. The van der Waals surface area contributed by atoms with Crippen LogP contribution in [0.1, 0.15) is 57.5 Å². The first kappa shape index (κ1) is 15.5. The van der Waals surface area contributed by atoms with Crippen LogP contribution in [0.3, 0.4) is 0 Å². The minimum atomic E-state index is -0.491. The number of hydrogen-bond acceptors (Lipinski definition) is 2. The molecule has 19 heavy (non-hydrogen) atoms. The van der Waals surface area contributed by atoms with Crippen molar-refractivity contribution in [3.05, 3.63) is 35.7 Å². The van der Waals surface area contributed by atoms with Gasteiger partial charge in [-0.2, -0.15) is 0 Å². The summed E-state index contributed by atoms with van der Waals surface area (Å²) in [5.41, 5.74) is 2.57. The van der Waals surface area contributed by atoms with Crippen LogP contribution in [-0.2, 0) is 11.2 Å². The molecule has 0 radical (unpaired) electrons. The van der Waals surface area contributed by atoms with E-state index in [1.807, 2.05) is 33.8 Å². The number of hydrogen-bond donors (Lipinski definition) is 0. The lowest BCUT2D eigenvalue weighted by atomic mass is 10.1. The van der Waals surface area contributed by atoms with Crippen molar-refractivity contribution in [3.8, 4) is 0 Å². The molecule has 0 aliphatic heterocycles. The van der Waals surface area contributed by atoms with Crippen LogP contribution in [0.15, 0.2) is 18.7 Å². The van der Waals surface area contributed by atoms with E-state index in [1.54, 1.807) is 4.57 Å². The second kappa shape index (κ2) is 5.64. The first-order valence-corrected chi connectivity index (χ1v) is 6.72. The van der Waals surface area contributed by atoms with Gasteiger partial charge in [0, 0.05) is 17.8 Å². The van der Waals surface area contributed by atoms with E-state index in [1.165, 1.54) is 0 Å². The summed E-state index contributed by atoms with van der Waals surface area (Å²) in [6.07, 6.45) is 2.17. The Morgan fingerprint density at radius 3 is 2.47 bits per heavy atom. The largest absolute Gasteiger partial charge is 0.443 e. The van der Waals surface area contributed by atoms with E-state index in [-0.39, 0.29) is 12.0 Å². The topological polar surface area (TPSA) is 31.2 Å². The van der Waals surface area contributed by atoms with E-state index in [2.05, 4.69) is 26.5 Å². The van der Waals surface area contributed by atoms with Crippen LogP contribution in [0.25, 0.3) is 0 Å². The van der Waals surface area contributed by atoms with Crippen molar-refractivity contribution in [2.45, 2.75) is 59.5 Å². The van der Waals surface area contributed by atoms with E-state index in [4.69, 9.17) is 4.74 Å². The van der Waals surface area contributed by atoms with Gasteiger partial charge >= 0.3 is 6.09 Å². The van der Waals surface area contributed by atoms with Crippen LogP contribution < -0.4 is 0 Å². The lowest BCUT2D eigenvalue weighted by molar-refractivity contribution is 0.0527. The fourth-order valence-corrected chi connectivity index (χ4v) is 2.04. The van der Waals surface area contributed by atoms with Crippen molar-refractivity contribution in [1.82, 2.24) is 4.57 Å². The van der Waals surface area contributed by atoms with Crippen molar-refractivity contribution in [3.63, 3.8) is 0 Å². The van der Waals surface area contributed by atoms with Gasteiger partial charge in [-0.3, -0.25) is 4.57 Å². The van der Waals surface area contributed by atoms with Gasteiger partial charge in [-0.05, 0) is 45.2 Å². The second-order valence-corrected chi connectivity index (χ2v) is 6.16. The molecule has 0 spiro atoms. The number of rotatable bonds is 3. The molecule has 0 saturated heterocycles. The van der Waals surface area contributed by atoms with Gasteiger partial charge in [-0.25, -0.2) is 4.79 Å². The second-order valence-electron chi connectivity index (χ2n) is 6.16. The van der Waals surface area contributed by atoms with Crippen LogP contribution in [0, 0.1) is 6.92 Å². The van der Waals surface area contributed by atoms with Crippen molar-refractivity contribution < 1.29 is 9.53 Å². The molecule has 1 aromatic heterocycles. The SMILES string of the molecule is C=CCc1c(C)cc(C(C)C)n1C(=O)OC(C)(C)C. The lowest BCUT2D eigenvalue weighted by Gasteiger charge is -2.22. The molecule has 0 aromatic carbocycles. The van der Waals surface area contributed by atoms with E-state index >= 15 is 0 Å². The Bertz CT molecular complexity index is 476. The molecule has 0 aliphatic rings. The summed E-state index contributed by atoms with van der Waals surface area (Å²) in [6.45, 7) is 15.6. The maximum atomic E-state index is 12.4. The third-order valence-electron chi connectivity index (χ3n) is 2.85. The maximum Gasteiger partial charge on any atom is 0.418 e. The van der Waals surface area contributed by atoms with Gasteiger partial charge < -0.3 is 4.74 Å². The predicted molar refractivity (Wildman–Crippen MR) is 78.8 cm³/mol. The van der Waals surface area contributed by atoms with E-state index in [0.29, 0.717) is 6.42 Å². The molecule has 0 N–H and O–H groups in total. The lowest BCUT2D eigenvalue weighted by Crippen LogP contribution is -2.29. The van der Waals surface area contributed by atoms with Crippen LogP contribution >= 0.6 is 0 Å². The Morgan fingerprint density at radius 1 is 1.47 bits per heavy atom. The Kier molecular flexibility index (Phi) is 4.61. The average Bonchev–Trinajstić information content (AvgIpc) is 2.55. The molecule has 0 atom stereocenters. The molecule has 106 valence electrons. The molecule has 0 aliphatic carbocycles. The van der Waals surface area contributed by atoms with Crippen molar-refractivity contribution in [2.24, 2.45) is 0 Å². The highest BCUT2D eigenvalue weighted by Crippen LogP contribution is 2.24. The third kappa shape index (κ3) is 3.72. The summed E-state index contributed by atoms with van der Waals surface area (Å²) in [4.78, 5) is 12.4. The molecule has 0 unspecified atom stereocenters. The molecular weight excluding hydrogens is 238 g/mol. The Morgan fingerprint density at radius 2 is 2.05 bits per heavy atom. The molecule has 0 fully saturated rings. The van der Waals surface area contributed by atoms with E-state index in [0.717, 1.165) is 17.0 Å². The van der Waals surface area contributed by atoms with Gasteiger partial charge in [0.1, 0.15) is 5.60 Å². The zero-order valence-corrected chi connectivity index (χ0v) is 12.9. The molecule has 0 bridgehead atoms. The first-order chi connectivity index (χ1) is 8.67. The summed E-state index contributed by atoms with van der Waals surface area (Å²) in [6, 6.07) is 2.06. The van der Waals surface area contributed by atoms with Crippen LogP contribution in [-0.4, -0.2) is 16.3 Å². The Hall–Kier alpha value is -1.51. The average molecular weight is 263 g/mol. The van der Waals surface area contributed by atoms with Crippen molar-refractivity contribution >= 4 is 6.09 Å². The van der Waals surface area contributed by atoms with Crippen LogP contribution in [0.2, 0.25) is 0 Å². The molecule has 3 nitrogen and oxygen atoms in total. The number of aromatic nitrogens is 1. The van der Waals surface area contributed by atoms with Gasteiger partial charge in [-0.1, -0.05) is 19.9 Å². The summed E-state index contributed by atoms with van der Waals surface area (Å²) >= 11 is 0. The molecule has 0 saturated carbocycles. The zero-order valence-electron chi connectivity index (χ0n) is 12.9. The third-order valence-corrected chi connectivity index (χ3v) is 2.85. The summed E-state index contributed by atoms with van der Waals surface area (Å²) < 4.78 is 7.21. The molecule has 1 aromatic rings. The molecule has 1 rings (SSSR count). The summed E-state index contributed by atoms with van der Waals surface area (Å²) in [5, 5.41) is 0. The number of aryl methyl sites for hydroxylation is 1. The molecular formula is C16H25NO2. The highest BCUT2D eigenvalue weighted by Gasteiger charge is 2.24. The van der Waals surface area contributed by atoms with Gasteiger partial charge in [0.05, 0.1) is 0 Å². The number of carbonyl (C=O) groups is 1. The van der Waals surface area contributed by atoms with Gasteiger partial charge in [0.25, 0.3) is 0 Å². The minimum Gasteiger partial charge on any atom is -0.443 e.